The maximum absolute atomic E-state index is 12.6. The van der Waals surface area contributed by atoms with E-state index in [1.54, 1.807) is 26.2 Å². The van der Waals surface area contributed by atoms with E-state index in [4.69, 9.17) is 4.74 Å². The van der Waals surface area contributed by atoms with Crippen LogP contribution in [0.25, 0.3) is 11.4 Å². The van der Waals surface area contributed by atoms with Gasteiger partial charge in [0.05, 0.1) is 17.3 Å². The van der Waals surface area contributed by atoms with Crippen LogP contribution in [0, 0.1) is 0 Å². The molecule has 0 saturated carbocycles. The number of aromatic nitrogens is 3. The van der Waals surface area contributed by atoms with Gasteiger partial charge in [0.15, 0.2) is 5.82 Å². The fraction of sp³-hybridized carbons (Fsp3) is 0.318. The average molecular weight is 488 g/mol. The number of rotatable bonds is 8. The number of amides is 1. The number of benzene rings is 2. The maximum Gasteiger partial charge on any atom is 0.243 e. The highest BCUT2D eigenvalue weighted by Crippen LogP contribution is 2.26. The monoisotopic (exact) mass is 487 g/mol. The van der Waals surface area contributed by atoms with Gasteiger partial charge in [-0.2, -0.15) is 4.31 Å². The molecule has 1 aliphatic rings. The molecule has 1 fully saturated rings. The molecule has 11 heteroatoms. The van der Waals surface area contributed by atoms with Gasteiger partial charge in [0, 0.05) is 24.3 Å². The van der Waals surface area contributed by atoms with E-state index in [0.717, 1.165) is 24.2 Å². The smallest absolute Gasteiger partial charge is 0.243 e. The van der Waals surface area contributed by atoms with Crippen LogP contribution in [0.3, 0.4) is 0 Å². The molecule has 174 valence electrons. The minimum atomic E-state index is -3.48. The average Bonchev–Trinajstić information content (AvgIpc) is 3.52. The van der Waals surface area contributed by atoms with Gasteiger partial charge in [0.2, 0.25) is 21.1 Å². The Kier molecular flexibility index (Phi) is 7.01. The first-order valence-corrected chi connectivity index (χ1v) is 12.8. The Balaban J connectivity index is 1.35. The number of anilines is 1. The first-order valence-electron chi connectivity index (χ1n) is 10.5. The van der Waals surface area contributed by atoms with Crippen LogP contribution in [-0.4, -0.2) is 59.3 Å². The van der Waals surface area contributed by atoms with Crippen LogP contribution < -0.4 is 10.1 Å². The Bertz CT molecular complexity index is 1200. The predicted molar refractivity (Wildman–Crippen MR) is 127 cm³/mol. The number of nitrogens with zero attached hydrogens (tertiary/aromatic N) is 3. The summed E-state index contributed by atoms with van der Waals surface area (Å²) in [6.07, 6.45) is 1.77. The van der Waals surface area contributed by atoms with Crippen molar-refractivity contribution in [2.24, 2.45) is 0 Å². The summed E-state index contributed by atoms with van der Waals surface area (Å²) >= 11 is 1.23. The second kappa shape index (κ2) is 9.94. The van der Waals surface area contributed by atoms with E-state index in [1.165, 1.54) is 28.2 Å². The van der Waals surface area contributed by atoms with E-state index in [0.29, 0.717) is 29.8 Å². The molecule has 2 aromatic carbocycles. The lowest BCUT2D eigenvalue weighted by atomic mass is 10.2. The van der Waals surface area contributed by atoms with E-state index in [-0.39, 0.29) is 10.8 Å². The van der Waals surface area contributed by atoms with Gasteiger partial charge in [-0.05, 0) is 68.3 Å². The van der Waals surface area contributed by atoms with Crippen LogP contribution in [0.15, 0.2) is 58.6 Å². The number of carbonyl (C=O) groups excluding carboxylic acids is 1. The van der Waals surface area contributed by atoms with Gasteiger partial charge in [0.1, 0.15) is 5.75 Å². The number of nitrogens with one attached hydrogen (secondary N) is 2. The first-order chi connectivity index (χ1) is 15.9. The van der Waals surface area contributed by atoms with Crippen molar-refractivity contribution < 1.29 is 17.9 Å². The fourth-order valence-corrected chi connectivity index (χ4v) is 5.66. The van der Waals surface area contributed by atoms with Gasteiger partial charge in [-0.1, -0.05) is 11.8 Å². The molecular weight excluding hydrogens is 462 g/mol. The predicted octanol–water partition coefficient (Wildman–Crippen LogP) is 3.38. The van der Waals surface area contributed by atoms with E-state index >= 15 is 0 Å². The number of sulfonamides is 1. The van der Waals surface area contributed by atoms with Crippen LogP contribution in [0.4, 0.5) is 5.69 Å². The third-order valence-electron chi connectivity index (χ3n) is 5.30. The fourth-order valence-electron chi connectivity index (χ4n) is 3.42. The molecule has 1 unspecified atom stereocenters. The number of carbonyl (C=O) groups is 1. The zero-order valence-electron chi connectivity index (χ0n) is 18.3. The maximum atomic E-state index is 12.6. The Labute approximate surface area is 197 Å². The third kappa shape index (κ3) is 5.37. The lowest BCUT2D eigenvalue weighted by Gasteiger charge is -2.16. The molecule has 0 radical (unpaired) electrons. The molecular formula is C22H25N5O4S2. The second-order valence-electron chi connectivity index (χ2n) is 7.58. The number of thioether (sulfide) groups is 1. The Morgan fingerprint density at radius 3 is 2.42 bits per heavy atom. The Hall–Kier alpha value is -2.89. The lowest BCUT2D eigenvalue weighted by molar-refractivity contribution is -0.115. The van der Waals surface area contributed by atoms with Gasteiger partial charge in [0.25, 0.3) is 0 Å². The summed E-state index contributed by atoms with van der Waals surface area (Å²) in [4.78, 5) is 17.3. The van der Waals surface area contributed by atoms with E-state index in [1.807, 2.05) is 24.3 Å². The number of hydrogen-bond acceptors (Lipinski definition) is 7. The number of methoxy groups -OCH3 is 1. The van der Waals surface area contributed by atoms with Crippen molar-refractivity contribution in [2.45, 2.75) is 35.1 Å². The minimum absolute atomic E-state index is 0.231. The summed E-state index contributed by atoms with van der Waals surface area (Å²) < 4.78 is 31.9. The SMILES string of the molecule is COc1ccc(-c2nc(SC(C)C(=O)Nc3ccc(S(=O)(=O)N4CCCC4)cc3)n[nH]2)cc1. The molecule has 3 aromatic rings. The summed E-state index contributed by atoms with van der Waals surface area (Å²) in [5.74, 6) is 1.12. The molecule has 1 saturated heterocycles. The summed E-state index contributed by atoms with van der Waals surface area (Å²) in [5, 5.41) is 9.87. The van der Waals surface area contributed by atoms with Crippen LogP contribution in [0.2, 0.25) is 0 Å². The van der Waals surface area contributed by atoms with E-state index in [9.17, 15) is 13.2 Å². The van der Waals surface area contributed by atoms with E-state index < -0.39 is 15.3 Å². The number of ether oxygens (including phenoxy) is 1. The second-order valence-corrected chi connectivity index (χ2v) is 10.8. The molecule has 1 amide bonds. The summed E-state index contributed by atoms with van der Waals surface area (Å²) in [6, 6.07) is 13.7. The molecule has 9 nitrogen and oxygen atoms in total. The van der Waals surface area contributed by atoms with E-state index in [2.05, 4.69) is 20.5 Å². The van der Waals surface area contributed by atoms with Gasteiger partial charge >= 0.3 is 0 Å². The highest BCUT2D eigenvalue weighted by molar-refractivity contribution is 8.00. The van der Waals surface area contributed by atoms with Crippen LogP contribution in [0.5, 0.6) is 5.75 Å². The van der Waals surface area contributed by atoms with Crippen molar-refractivity contribution >= 4 is 33.4 Å². The highest BCUT2D eigenvalue weighted by atomic mass is 32.2. The molecule has 33 heavy (non-hydrogen) atoms. The Morgan fingerprint density at radius 2 is 1.79 bits per heavy atom. The standard InChI is InChI=1S/C22H25N5O4S2/c1-15(32-22-24-20(25-26-22)16-5-9-18(31-2)10-6-16)21(28)23-17-7-11-19(12-8-17)33(29,30)27-13-3-4-14-27/h5-12,15H,3-4,13-14H2,1-2H3,(H,23,28)(H,24,25,26). The molecule has 4 rings (SSSR count). The minimum Gasteiger partial charge on any atom is -0.497 e. The van der Waals surface area contributed by atoms with Gasteiger partial charge < -0.3 is 10.1 Å². The van der Waals surface area contributed by atoms with Crippen molar-refractivity contribution in [2.75, 3.05) is 25.5 Å². The summed E-state index contributed by atoms with van der Waals surface area (Å²) in [7, 11) is -1.87. The normalized spacial score (nSPS) is 15.3. The van der Waals surface area contributed by atoms with Crippen LogP contribution >= 0.6 is 11.8 Å². The van der Waals surface area contributed by atoms with Crippen molar-refractivity contribution in [3.8, 4) is 17.1 Å². The molecule has 1 atom stereocenters. The zero-order chi connectivity index (χ0) is 23.4. The molecule has 0 bridgehead atoms. The van der Waals surface area contributed by atoms with Crippen LogP contribution in [-0.2, 0) is 14.8 Å². The summed E-state index contributed by atoms with van der Waals surface area (Å²) in [6.45, 7) is 2.86. The van der Waals surface area contributed by atoms with Crippen LogP contribution in [0.1, 0.15) is 19.8 Å². The molecule has 2 heterocycles. The van der Waals surface area contributed by atoms with Crippen molar-refractivity contribution in [1.29, 1.82) is 0 Å². The zero-order valence-corrected chi connectivity index (χ0v) is 19.9. The molecule has 2 N–H and O–H groups in total. The van der Waals surface area contributed by atoms with Crippen molar-refractivity contribution in [1.82, 2.24) is 19.5 Å². The number of H-pyrrole nitrogens is 1. The molecule has 0 spiro atoms. The molecule has 1 aliphatic heterocycles. The quantitative estimate of drug-likeness (QED) is 0.468. The number of hydrogen-bond donors (Lipinski definition) is 2. The van der Waals surface area contributed by atoms with Gasteiger partial charge in [-0.15, -0.1) is 5.10 Å². The highest BCUT2D eigenvalue weighted by Gasteiger charge is 2.27. The van der Waals surface area contributed by atoms with Gasteiger partial charge in [-0.25, -0.2) is 13.4 Å². The molecule has 1 aromatic heterocycles. The van der Waals surface area contributed by atoms with Crippen molar-refractivity contribution in [3.63, 3.8) is 0 Å². The summed E-state index contributed by atoms with van der Waals surface area (Å²) in [5.41, 5.74) is 1.39. The first kappa shape index (κ1) is 23.3. The molecule has 0 aliphatic carbocycles. The number of aromatic amines is 1. The Morgan fingerprint density at radius 1 is 1.12 bits per heavy atom. The third-order valence-corrected chi connectivity index (χ3v) is 8.18. The van der Waals surface area contributed by atoms with Crippen molar-refractivity contribution in [3.05, 3.63) is 48.5 Å². The topological polar surface area (TPSA) is 117 Å². The largest absolute Gasteiger partial charge is 0.497 e. The lowest BCUT2D eigenvalue weighted by Crippen LogP contribution is -2.27. The van der Waals surface area contributed by atoms with Gasteiger partial charge in [-0.3, -0.25) is 9.89 Å².